The van der Waals surface area contributed by atoms with Crippen molar-refractivity contribution in [3.05, 3.63) is 29.8 Å². The van der Waals surface area contributed by atoms with Gasteiger partial charge in [-0.05, 0) is 45.0 Å². The molecule has 0 heterocycles. The van der Waals surface area contributed by atoms with Crippen LogP contribution in [0.2, 0.25) is 0 Å². The number of rotatable bonds is 5. The lowest BCUT2D eigenvalue weighted by Crippen LogP contribution is -2.45. The van der Waals surface area contributed by atoms with Crippen molar-refractivity contribution in [2.45, 2.75) is 32.3 Å². The summed E-state index contributed by atoms with van der Waals surface area (Å²) in [5.74, 6) is -7.37. The monoisotopic (exact) mass is 301 g/mol. The SMILES string of the molecule is CC(C)(C)Oc1ccc(C(=O)OCC(F)(F)C(=O)[O-])cc1. The Morgan fingerprint density at radius 1 is 1.14 bits per heavy atom. The third-order valence-electron chi connectivity index (χ3n) is 2.20. The summed E-state index contributed by atoms with van der Waals surface area (Å²) < 4.78 is 35.2. The van der Waals surface area contributed by atoms with E-state index in [1.165, 1.54) is 24.3 Å². The van der Waals surface area contributed by atoms with Crippen LogP contribution in [0.5, 0.6) is 5.75 Å². The maximum absolute atomic E-state index is 12.7. The molecule has 0 amide bonds. The fourth-order valence-corrected chi connectivity index (χ4v) is 1.31. The first kappa shape index (κ1) is 16.9. The van der Waals surface area contributed by atoms with Crippen molar-refractivity contribution in [1.82, 2.24) is 0 Å². The normalized spacial score (nSPS) is 11.9. The molecule has 0 N–H and O–H groups in total. The van der Waals surface area contributed by atoms with Crippen LogP contribution in [0.4, 0.5) is 8.78 Å². The van der Waals surface area contributed by atoms with Gasteiger partial charge in [0, 0.05) is 0 Å². The summed E-state index contributed by atoms with van der Waals surface area (Å²) in [6.07, 6.45) is 0. The van der Waals surface area contributed by atoms with Gasteiger partial charge in [-0.25, -0.2) is 4.79 Å². The predicted molar refractivity (Wildman–Crippen MR) is 67.1 cm³/mol. The maximum Gasteiger partial charge on any atom is 0.338 e. The number of aliphatic carboxylic acids is 1. The minimum atomic E-state index is -4.22. The van der Waals surface area contributed by atoms with Gasteiger partial charge in [-0.15, -0.1) is 0 Å². The Morgan fingerprint density at radius 2 is 1.67 bits per heavy atom. The lowest BCUT2D eigenvalue weighted by Gasteiger charge is -2.21. The van der Waals surface area contributed by atoms with Gasteiger partial charge in [0.1, 0.15) is 17.3 Å². The largest absolute Gasteiger partial charge is 0.544 e. The standard InChI is InChI=1S/C14H16F2O5/c1-13(2,3)21-10-6-4-9(5-7-10)11(17)20-8-14(15,16)12(18)19/h4-7H,8H2,1-3H3,(H,18,19)/p-1. The molecule has 1 aromatic rings. The van der Waals surface area contributed by atoms with Gasteiger partial charge in [0.25, 0.3) is 0 Å². The summed E-state index contributed by atoms with van der Waals surface area (Å²) in [5, 5.41) is 10.1. The fourth-order valence-electron chi connectivity index (χ4n) is 1.31. The van der Waals surface area contributed by atoms with Crippen LogP contribution in [0.1, 0.15) is 31.1 Å². The molecule has 0 saturated heterocycles. The lowest BCUT2D eigenvalue weighted by atomic mass is 10.1. The van der Waals surface area contributed by atoms with Crippen molar-refractivity contribution in [3.8, 4) is 5.75 Å². The van der Waals surface area contributed by atoms with E-state index in [0.717, 1.165) is 0 Å². The van der Waals surface area contributed by atoms with Crippen LogP contribution < -0.4 is 9.84 Å². The number of carboxylic acids is 1. The molecule has 5 nitrogen and oxygen atoms in total. The first-order chi connectivity index (χ1) is 9.51. The number of hydrogen-bond acceptors (Lipinski definition) is 5. The molecule has 0 aliphatic carbocycles. The van der Waals surface area contributed by atoms with E-state index in [0.29, 0.717) is 5.75 Å². The maximum atomic E-state index is 12.7. The van der Waals surface area contributed by atoms with E-state index in [2.05, 4.69) is 4.74 Å². The third kappa shape index (κ3) is 5.37. The highest BCUT2D eigenvalue weighted by atomic mass is 19.3. The summed E-state index contributed by atoms with van der Waals surface area (Å²) >= 11 is 0. The van der Waals surface area contributed by atoms with Crippen LogP contribution in [-0.4, -0.2) is 30.1 Å². The van der Waals surface area contributed by atoms with Crippen molar-refractivity contribution in [3.63, 3.8) is 0 Å². The zero-order valence-electron chi connectivity index (χ0n) is 11.8. The molecule has 0 aliphatic heterocycles. The molecule has 0 aromatic heterocycles. The molecule has 7 heteroatoms. The van der Waals surface area contributed by atoms with Crippen LogP contribution in [0.25, 0.3) is 0 Å². The molecule has 0 aliphatic rings. The average Bonchev–Trinajstić information content (AvgIpc) is 2.35. The average molecular weight is 301 g/mol. The number of carbonyl (C=O) groups is 2. The molecule has 1 aromatic carbocycles. The first-order valence-corrected chi connectivity index (χ1v) is 6.07. The molecule has 116 valence electrons. The van der Waals surface area contributed by atoms with E-state index in [1.54, 1.807) is 0 Å². The summed E-state index contributed by atoms with van der Waals surface area (Å²) in [7, 11) is 0. The number of ether oxygens (including phenoxy) is 2. The van der Waals surface area contributed by atoms with E-state index in [-0.39, 0.29) is 5.56 Å². The number of alkyl halides is 2. The number of benzene rings is 1. The van der Waals surface area contributed by atoms with E-state index in [1.807, 2.05) is 20.8 Å². The Hall–Kier alpha value is -2.18. The van der Waals surface area contributed by atoms with E-state index >= 15 is 0 Å². The second kappa shape index (κ2) is 6.07. The van der Waals surface area contributed by atoms with Crippen molar-refractivity contribution in [1.29, 1.82) is 0 Å². The van der Waals surface area contributed by atoms with Crippen LogP contribution in [0.15, 0.2) is 24.3 Å². The van der Waals surface area contributed by atoms with E-state index < -0.39 is 30.1 Å². The van der Waals surface area contributed by atoms with Gasteiger partial charge in [-0.3, -0.25) is 0 Å². The molecule has 0 radical (unpaired) electrons. The predicted octanol–water partition coefficient (Wildman–Crippen LogP) is 1.41. The molecule has 0 unspecified atom stereocenters. The molecule has 21 heavy (non-hydrogen) atoms. The van der Waals surface area contributed by atoms with Crippen molar-refractivity contribution < 1.29 is 33.0 Å². The Balaban J connectivity index is 2.66. The Kier molecular flexibility index (Phi) is 4.88. The molecular formula is C14H15F2O5-. The molecular weight excluding hydrogens is 286 g/mol. The highest BCUT2D eigenvalue weighted by Gasteiger charge is 2.33. The van der Waals surface area contributed by atoms with E-state index in [4.69, 9.17) is 4.74 Å². The van der Waals surface area contributed by atoms with Gasteiger partial charge in [0.2, 0.25) is 0 Å². The van der Waals surface area contributed by atoms with Gasteiger partial charge >= 0.3 is 11.9 Å². The summed E-state index contributed by atoms with van der Waals surface area (Å²) in [6.45, 7) is 3.96. The van der Waals surface area contributed by atoms with Crippen LogP contribution in [-0.2, 0) is 9.53 Å². The first-order valence-electron chi connectivity index (χ1n) is 6.07. The van der Waals surface area contributed by atoms with Gasteiger partial charge in [0.05, 0.1) is 5.56 Å². The molecule has 1 rings (SSSR count). The van der Waals surface area contributed by atoms with E-state index in [9.17, 15) is 23.5 Å². The number of hydrogen-bond donors (Lipinski definition) is 0. The lowest BCUT2D eigenvalue weighted by molar-refractivity contribution is -0.331. The van der Waals surface area contributed by atoms with Gasteiger partial charge in [0.15, 0.2) is 6.61 Å². The number of carbonyl (C=O) groups excluding carboxylic acids is 2. The Labute approximate surface area is 120 Å². The summed E-state index contributed by atoms with van der Waals surface area (Å²) in [6, 6.07) is 5.64. The second-order valence-electron chi connectivity index (χ2n) is 5.31. The molecule has 0 saturated carbocycles. The molecule has 0 atom stereocenters. The Bertz CT molecular complexity index is 517. The summed E-state index contributed by atoms with van der Waals surface area (Å²) in [5.41, 5.74) is -0.413. The van der Waals surface area contributed by atoms with Crippen molar-refractivity contribution in [2.75, 3.05) is 6.61 Å². The smallest absolute Gasteiger partial charge is 0.338 e. The van der Waals surface area contributed by atoms with Gasteiger partial charge < -0.3 is 19.4 Å². The minimum Gasteiger partial charge on any atom is -0.544 e. The zero-order chi connectivity index (χ0) is 16.3. The van der Waals surface area contributed by atoms with Crippen LogP contribution in [0.3, 0.4) is 0 Å². The molecule has 0 bridgehead atoms. The van der Waals surface area contributed by atoms with Gasteiger partial charge in [-0.1, -0.05) is 0 Å². The molecule has 0 spiro atoms. The highest BCUT2D eigenvalue weighted by molar-refractivity contribution is 5.89. The van der Waals surface area contributed by atoms with Crippen molar-refractivity contribution >= 4 is 11.9 Å². The minimum absolute atomic E-state index is 0.00501. The third-order valence-corrected chi connectivity index (χ3v) is 2.20. The van der Waals surface area contributed by atoms with Crippen LogP contribution >= 0.6 is 0 Å². The quantitative estimate of drug-likeness (QED) is 0.769. The topological polar surface area (TPSA) is 75.7 Å². The zero-order valence-corrected chi connectivity index (χ0v) is 11.8. The van der Waals surface area contributed by atoms with Gasteiger partial charge in [-0.2, -0.15) is 8.78 Å². The highest BCUT2D eigenvalue weighted by Crippen LogP contribution is 2.19. The number of carboxylic acid groups (broad SMARTS) is 1. The van der Waals surface area contributed by atoms with Crippen LogP contribution in [0, 0.1) is 0 Å². The molecule has 0 fully saturated rings. The number of esters is 1. The number of halogens is 2. The second-order valence-corrected chi connectivity index (χ2v) is 5.31. The Morgan fingerprint density at radius 3 is 2.10 bits per heavy atom. The van der Waals surface area contributed by atoms with Crippen molar-refractivity contribution in [2.24, 2.45) is 0 Å². The summed E-state index contributed by atoms with van der Waals surface area (Å²) in [4.78, 5) is 21.6. The fraction of sp³-hybridized carbons (Fsp3) is 0.429.